The molecule has 0 bridgehead atoms. The van der Waals surface area contributed by atoms with Crippen molar-refractivity contribution in [3.05, 3.63) is 144 Å². The number of rotatable bonds is 3. The molecule has 3 heteroatoms. The molecule has 0 radical (unpaired) electrons. The van der Waals surface area contributed by atoms with E-state index in [2.05, 4.69) is 94.3 Å². The summed E-state index contributed by atoms with van der Waals surface area (Å²) in [4.78, 5) is 3.54. The Bertz CT molecular complexity index is 2000. The first-order valence-electron chi connectivity index (χ1n) is 12.8. The topological polar surface area (TPSA) is 33.1 Å². The van der Waals surface area contributed by atoms with Crippen molar-refractivity contribution in [2.24, 2.45) is 0 Å². The molecule has 0 spiro atoms. The summed E-state index contributed by atoms with van der Waals surface area (Å²) >= 11 is 0. The number of aromatic nitrogens is 1. The molecule has 0 N–H and O–H groups in total. The highest BCUT2D eigenvalue weighted by Crippen LogP contribution is 2.38. The van der Waals surface area contributed by atoms with Gasteiger partial charge in [-0.05, 0) is 70.1 Å². The van der Waals surface area contributed by atoms with Crippen molar-refractivity contribution in [2.75, 3.05) is 0 Å². The molecule has 6 aromatic carbocycles. The van der Waals surface area contributed by atoms with E-state index in [0.717, 1.165) is 39.0 Å². The van der Waals surface area contributed by atoms with Crippen LogP contribution in [0.1, 0.15) is 5.56 Å². The van der Waals surface area contributed by atoms with Gasteiger partial charge in [0.15, 0.2) is 5.69 Å². The van der Waals surface area contributed by atoms with Gasteiger partial charge < -0.3 is 4.57 Å². The van der Waals surface area contributed by atoms with E-state index in [-0.39, 0.29) is 0 Å². The molecule has 1 heterocycles. The molecular weight excluding hydrogens is 474 g/mol. The van der Waals surface area contributed by atoms with Crippen molar-refractivity contribution in [1.82, 2.24) is 4.57 Å². The van der Waals surface area contributed by atoms with Gasteiger partial charge in [0.25, 0.3) is 0 Å². The van der Waals surface area contributed by atoms with E-state index in [1.165, 1.54) is 21.5 Å². The second-order valence-corrected chi connectivity index (χ2v) is 9.65. The summed E-state index contributed by atoms with van der Waals surface area (Å²) in [5.41, 5.74) is 9.09. The van der Waals surface area contributed by atoms with E-state index < -0.39 is 0 Å². The van der Waals surface area contributed by atoms with Crippen LogP contribution >= 0.6 is 0 Å². The molecule has 0 amide bonds. The fourth-order valence-corrected chi connectivity index (χ4v) is 5.51. The van der Waals surface area contributed by atoms with Crippen LogP contribution in [-0.4, -0.2) is 4.57 Å². The zero-order valence-electron chi connectivity index (χ0n) is 21.0. The Morgan fingerprint density at radius 2 is 1.13 bits per heavy atom. The average molecular weight is 496 g/mol. The van der Waals surface area contributed by atoms with Crippen molar-refractivity contribution in [2.45, 2.75) is 0 Å². The van der Waals surface area contributed by atoms with Crippen LogP contribution in [0.2, 0.25) is 0 Å². The summed E-state index contributed by atoms with van der Waals surface area (Å²) in [5, 5.41) is 14.0. The number of nitrogens with zero attached hydrogens (tertiary/aromatic N) is 3. The Hall–Kier alpha value is -5.64. The Kier molecular flexibility index (Phi) is 5.22. The lowest BCUT2D eigenvalue weighted by atomic mass is 9.99. The number of hydrogen-bond donors (Lipinski definition) is 0. The van der Waals surface area contributed by atoms with E-state index in [9.17, 15) is 5.26 Å². The Morgan fingerprint density at radius 1 is 0.564 bits per heavy atom. The fraction of sp³-hybridized carbons (Fsp3) is 0. The SMILES string of the molecule is [C-]#[N+]c1ccc(-c2ccc3c(c2)c2cc(-c4ccc(C#N)cc4)ccc2n3-c2cccc3ccccc23)cc1. The highest BCUT2D eigenvalue weighted by molar-refractivity contribution is 6.12. The molecule has 7 aromatic rings. The molecular formula is C36H21N3. The second kappa shape index (κ2) is 9.03. The van der Waals surface area contributed by atoms with Crippen molar-refractivity contribution >= 4 is 38.3 Å². The van der Waals surface area contributed by atoms with Crippen LogP contribution in [0.4, 0.5) is 5.69 Å². The Balaban J connectivity index is 1.52. The zero-order chi connectivity index (χ0) is 26.3. The summed E-state index contributed by atoms with van der Waals surface area (Å²) in [6.45, 7) is 7.28. The molecule has 0 aliphatic carbocycles. The predicted molar refractivity (Wildman–Crippen MR) is 160 cm³/mol. The number of nitriles is 1. The molecule has 0 saturated heterocycles. The standard InChI is InChI=1S/C36H21N3/c1-38-30-17-13-26(14-18-30)29-16-20-36-33(22-29)32-21-28(25-11-9-24(23-37)10-12-25)15-19-35(32)39(36)34-8-4-6-27-5-2-3-7-31(27)34/h2-22H. The van der Waals surface area contributed by atoms with Crippen LogP contribution in [-0.2, 0) is 0 Å². The molecule has 0 aliphatic heterocycles. The van der Waals surface area contributed by atoms with Crippen LogP contribution in [0, 0.1) is 17.9 Å². The van der Waals surface area contributed by atoms with Gasteiger partial charge in [-0.3, -0.25) is 0 Å². The lowest BCUT2D eigenvalue weighted by molar-refractivity contribution is 1.20. The van der Waals surface area contributed by atoms with Gasteiger partial charge in [-0.15, -0.1) is 0 Å². The molecule has 7 rings (SSSR count). The van der Waals surface area contributed by atoms with Gasteiger partial charge in [-0.25, -0.2) is 4.85 Å². The summed E-state index contributed by atoms with van der Waals surface area (Å²) in [6.07, 6.45) is 0. The van der Waals surface area contributed by atoms with Crippen molar-refractivity contribution in [1.29, 1.82) is 5.26 Å². The molecule has 0 saturated carbocycles. The van der Waals surface area contributed by atoms with Gasteiger partial charge >= 0.3 is 0 Å². The van der Waals surface area contributed by atoms with Gasteiger partial charge in [-0.1, -0.05) is 84.9 Å². The fourth-order valence-electron chi connectivity index (χ4n) is 5.51. The minimum absolute atomic E-state index is 0.638. The third kappa shape index (κ3) is 3.74. The number of benzene rings is 6. The third-order valence-electron chi connectivity index (χ3n) is 7.45. The van der Waals surface area contributed by atoms with Crippen molar-refractivity contribution in [3.8, 4) is 34.0 Å². The van der Waals surface area contributed by atoms with Crippen LogP contribution in [0.15, 0.2) is 127 Å². The van der Waals surface area contributed by atoms with Crippen LogP contribution in [0.5, 0.6) is 0 Å². The summed E-state index contributed by atoms with van der Waals surface area (Å²) in [6, 6.07) is 45.9. The molecule has 0 fully saturated rings. The normalized spacial score (nSPS) is 11.0. The van der Waals surface area contributed by atoms with E-state index in [1.807, 2.05) is 48.5 Å². The highest BCUT2D eigenvalue weighted by Gasteiger charge is 2.16. The van der Waals surface area contributed by atoms with Crippen molar-refractivity contribution in [3.63, 3.8) is 0 Å². The third-order valence-corrected chi connectivity index (χ3v) is 7.45. The highest BCUT2D eigenvalue weighted by atomic mass is 15.0. The first kappa shape index (κ1) is 22.5. The van der Waals surface area contributed by atoms with E-state index in [1.54, 1.807) is 0 Å². The molecule has 1 aromatic heterocycles. The maximum atomic E-state index is 9.23. The smallest absolute Gasteiger partial charge is 0.187 e. The first-order valence-corrected chi connectivity index (χ1v) is 12.8. The largest absolute Gasteiger partial charge is 0.309 e. The van der Waals surface area contributed by atoms with Gasteiger partial charge in [0.2, 0.25) is 0 Å². The van der Waals surface area contributed by atoms with E-state index in [4.69, 9.17) is 6.57 Å². The maximum Gasteiger partial charge on any atom is 0.187 e. The Morgan fingerprint density at radius 3 is 1.74 bits per heavy atom. The number of fused-ring (bicyclic) bond motifs is 4. The summed E-state index contributed by atoms with van der Waals surface area (Å²) in [7, 11) is 0. The lowest BCUT2D eigenvalue weighted by Gasteiger charge is -2.12. The monoisotopic (exact) mass is 495 g/mol. The molecule has 3 nitrogen and oxygen atoms in total. The van der Waals surface area contributed by atoms with Gasteiger partial charge in [0.05, 0.1) is 34.9 Å². The zero-order valence-corrected chi connectivity index (χ0v) is 21.0. The second-order valence-electron chi connectivity index (χ2n) is 9.65. The molecule has 39 heavy (non-hydrogen) atoms. The van der Waals surface area contributed by atoms with Crippen molar-refractivity contribution < 1.29 is 0 Å². The summed E-state index contributed by atoms with van der Waals surface area (Å²) < 4.78 is 2.36. The molecule has 0 atom stereocenters. The van der Waals surface area contributed by atoms with Crippen LogP contribution in [0.3, 0.4) is 0 Å². The van der Waals surface area contributed by atoms with Gasteiger partial charge in [-0.2, -0.15) is 5.26 Å². The van der Waals surface area contributed by atoms with Gasteiger partial charge in [0, 0.05) is 16.2 Å². The molecule has 0 unspecified atom stereocenters. The van der Waals surface area contributed by atoms with E-state index in [0.29, 0.717) is 11.3 Å². The summed E-state index contributed by atoms with van der Waals surface area (Å²) in [5.74, 6) is 0. The van der Waals surface area contributed by atoms with Crippen LogP contribution < -0.4 is 0 Å². The van der Waals surface area contributed by atoms with Crippen LogP contribution in [0.25, 0.3) is 65.4 Å². The van der Waals surface area contributed by atoms with Gasteiger partial charge in [0.1, 0.15) is 0 Å². The molecule has 180 valence electrons. The minimum Gasteiger partial charge on any atom is -0.309 e. The minimum atomic E-state index is 0.638. The number of hydrogen-bond acceptors (Lipinski definition) is 1. The lowest BCUT2D eigenvalue weighted by Crippen LogP contribution is -1.95. The molecule has 0 aliphatic rings. The Labute approximate surface area is 226 Å². The predicted octanol–water partition coefficient (Wildman–Crippen LogP) is 9.69. The maximum absolute atomic E-state index is 9.23. The van der Waals surface area contributed by atoms with E-state index >= 15 is 0 Å². The average Bonchev–Trinajstić information content (AvgIpc) is 3.33. The quantitative estimate of drug-likeness (QED) is 0.225. The first-order chi connectivity index (χ1) is 19.2.